The van der Waals surface area contributed by atoms with Crippen LogP contribution in [0.25, 0.3) is 22.4 Å². The van der Waals surface area contributed by atoms with Gasteiger partial charge >= 0.3 is 5.97 Å². The molecule has 0 saturated carbocycles. The molecule has 3 heterocycles. The Bertz CT molecular complexity index is 1390. The van der Waals surface area contributed by atoms with Gasteiger partial charge in [-0.3, -0.25) is 9.69 Å². The number of nitrogens with one attached hydrogen (secondary N) is 1. The molecule has 37 heavy (non-hydrogen) atoms. The van der Waals surface area contributed by atoms with Crippen LogP contribution in [0.2, 0.25) is 0 Å². The number of piperazine rings is 1. The van der Waals surface area contributed by atoms with E-state index in [0.29, 0.717) is 0 Å². The lowest BCUT2D eigenvalue weighted by Gasteiger charge is -2.35. The number of rotatable bonds is 7. The van der Waals surface area contributed by atoms with Gasteiger partial charge in [-0.1, -0.05) is 58.0 Å². The first-order valence-corrected chi connectivity index (χ1v) is 13.0. The number of carboxylic acids is 1. The third-order valence-corrected chi connectivity index (χ3v) is 7.15. The highest BCUT2D eigenvalue weighted by atomic mass is 16.4. The third kappa shape index (κ3) is 5.39. The summed E-state index contributed by atoms with van der Waals surface area (Å²) in [7, 11) is 0. The van der Waals surface area contributed by atoms with Crippen molar-refractivity contribution in [2.75, 3.05) is 31.1 Å². The molecule has 2 N–H and O–H groups in total. The van der Waals surface area contributed by atoms with Crippen LogP contribution >= 0.6 is 0 Å². The summed E-state index contributed by atoms with van der Waals surface area (Å²) in [6, 6.07) is 15.0. The van der Waals surface area contributed by atoms with Gasteiger partial charge in [0.05, 0.1) is 16.9 Å². The molecule has 4 aromatic rings. The van der Waals surface area contributed by atoms with Crippen molar-refractivity contribution < 1.29 is 9.90 Å². The summed E-state index contributed by atoms with van der Waals surface area (Å²) in [5, 5.41) is 9.16. The molecule has 0 amide bonds. The molecule has 1 aliphatic heterocycles. The number of nitrogens with zero attached hydrogens (tertiary/aromatic N) is 5. The van der Waals surface area contributed by atoms with Gasteiger partial charge in [0.25, 0.3) is 0 Å². The summed E-state index contributed by atoms with van der Waals surface area (Å²) in [5.74, 6) is 0.875. The van der Waals surface area contributed by atoms with E-state index in [4.69, 9.17) is 10.1 Å². The summed E-state index contributed by atoms with van der Waals surface area (Å²) >= 11 is 0. The lowest BCUT2D eigenvalue weighted by Crippen LogP contribution is -2.46. The molecule has 5 rings (SSSR count). The number of imidazole rings is 2. The molecule has 1 saturated heterocycles. The van der Waals surface area contributed by atoms with Gasteiger partial charge in [0.1, 0.15) is 23.7 Å². The van der Waals surface area contributed by atoms with Crippen LogP contribution in [0, 0.1) is 0 Å². The second-order valence-electron chi connectivity index (χ2n) is 10.9. The number of para-hydroxylation sites is 1. The molecule has 0 atom stereocenters. The maximum atomic E-state index is 11.2. The van der Waals surface area contributed by atoms with E-state index >= 15 is 0 Å². The van der Waals surface area contributed by atoms with E-state index in [0.717, 1.165) is 78.8 Å². The number of aryl methyl sites for hydroxylation is 1. The molecule has 0 aliphatic carbocycles. The predicted molar refractivity (Wildman–Crippen MR) is 147 cm³/mol. The molecule has 0 bridgehead atoms. The number of hydrogen-bond acceptors (Lipinski definition) is 5. The van der Waals surface area contributed by atoms with Crippen molar-refractivity contribution in [3.05, 3.63) is 65.7 Å². The number of carboxylic acid groups (broad SMARTS) is 1. The van der Waals surface area contributed by atoms with Gasteiger partial charge in [0.15, 0.2) is 0 Å². The molecule has 1 fully saturated rings. The van der Waals surface area contributed by atoms with Gasteiger partial charge in [-0.2, -0.15) is 0 Å². The fraction of sp³-hybridized carbons (Fsp3) is 0.414. The molecule has 8 nitrogen and oxygen atoms in total. The Balaban J connectivity index is 1.28. The second kappa shape index (κ2) is 10.0. The average molecular weight is 501 g/mol. The van der Waals surface area contributed by atoms with Crippen molar-refractivity contribution >= 4 is 22.7 Å². The van der Waals surface area contributed by atoms with Crippen LogP contribution in [-0.4, -0.2) is 61.7 Å². The highest BCUT2D eigenvalue weighted by Crippen LogP contribution is 2.30. The average Bonchev–Trinajstić information content (AvgIpc) is 3.47. The highest BCUT2D eigenvalue weighted by Gasteiger charge is 2.22. The Morgan fingerprint density at radius 1 is 1.03 bits per heavy atom. The predicted octanol–water partition coefficient (Wildman–Crippen LogP) is 4.69. The zero-order valence-corrected chi connectivity index (χ0v) is 22.2. The molecule has 0 unspecified atom stereocenters. The van der Waals surface area contributed by atoms with Gasteiger partial charge in [0.2, 0.25) is 0 Å². The van der Waals surface area contributed by atoms with E-state index in [9.17, 15) is 4.79 Å². The maximum absolute atomic E-state index is 11.2. The Labute approximate surface area is 218 Å². The number of fused-ring (bicyclic) bond motifs is 1. The summed E-state index contributed by atoms with van der Waals surface area (Å²) in [5.41, 5.74) is 6.67. The number of anilines is 1. The smallest absolute Gasteiger partial charge is 0.323 e. The standard InChI is InChI=1S/C29H36N6O2/c1-5-25-30-22(18-35(25)19-26(36)37)17-33-13-15-34(16-14-33)24-8-6-7-23-27(24)32-28(31-23)20-9-11-21(12-10-20)29(2,3)4/h6-12,18H,5,13-17,19H2,1-4H3,(H,31,32)(H,36,37). The van der Waals surface area contributed by atoms with Crippen LogP contribution in [0.5, 0.6) is 0 Å². The molecular weight excluding hydrogens is 464 g/mol. The van der Waals surface area contributed by atoms with E-state index < -0.39 is 5.97 Å². The fourth-order valence-electron chi connectivity index (χ4n) is 5.07. The largest absolute Gasteiger partial charge is 0.480 e. The van der Waals surface area contributed by atoms with Crippen LogP contribution in [0.3, 0.4) is 0 Å². The Hall–Kier alpha value is -3.65. The summed E-state index contributed by atoms with van der Waals surface area (Å²) in [6.45, 7) is 13.0. The van der Waals surface area contributed by atoms with E-state index in [1.165, 1.54) is 5.56 Å². The van der Waals surface area contributed by atoms with Crippen LogP contribution < -0.4 is 4.90 Å². The van der Waals surface area contributed by atoms with Crippen LogP contribution in [0.4, 0.5) is 5.69 Å². The van der Waals surface area contributed by atoms with E-state index in [1.54, 1.807) is 4.57 Å². The SMILES string of the molecule is CCc1nc(CN2CCN(c3cccc4[nH]c(-c5ccc(C(C)(C)C)cc5)nc34)CC2)cn1CC(=O)O. The molecule has 194 valence electrons. The zero-order valence-electron chi connectivity index (χ0n) is 22.2. The quantitative estimate of drug-likeness (QED) is 0.383. The Morgan fingerprint density at radius 3 is 2.41 bits per heavy atom. The fourth-order valence-corrected chi connectivity index (χ4v) is 5.07. The molecule has 8 heteroatoms. The van der Waals surface area contributed by atoms with Crippen molar-refractivity contribution in [3.63, 3.8) is 0 Å². The van der Waals surface area contributed by atoms with Gasteiger partial charge < -0.3 is 19.6 Å². The lowest BCUT2D eigenvalue weighted by atomic mass is 9.87. The minimum Gasteiger partial charge on any atom is -0.480 e. The maximum Gasteiger partial charge on any atom is 0.323 e. The highest BCUT2D eigenvalue weighted by molar-refractivity contribution is 5.91. The lowest BCUT2D eigenvalue weighted by molar-refractivity contribution is -0.137. The number of hydrogen-bond donors (Lipinski definition) is 2. The van der Waals surface area contributed by atoms with Crippen LogP contribution in [0.1, 0.15) is 44.8 Å². The number of carbonyl (C=O) groups is 1. The Morgan fingerprint density at radius 2 is 1.76 bits per heavy atom. The molecule has 1 aliphatic rings. The molecule has 0 radical (unpaired) electrons. The molecule has 2 aromatic carbocycles. The Kier molecular flexibility index (Phi) is 6.77. The number of aliphatic carboxylic acids is 1. The van der Waals surface area contributed by atoms with Crippen molar-refractivity contribution in [2.45, 2.75) is 52.6 Å². The summed E-state index contributed by atoms with van der Waals surface area (Å²) < 4.78 is 1.75. The minimum absolute atomic E-state index is 0.0413. The minimum atomic E-state index is -0.843. The van der Waals surface area contributed by atoms with Gasteiger partial charge in [-0.15, -0.1) is 0 Å². The number of H-pyrrole nitrogens is 1. The van der Waals surface area contributed by atoms with Crippen molar-refractivity contribution in [1.29, 1.82) is 0 Å². The summed E-state index contributed by atoms with van der Waals surface area (Å²) in [4.78, 5) is 29.2. The van der Waals surface area contributed by atoms with Crippen LogP contribution in [0.15, 0.2) is 48.7 Å². The number of benzene rings is 2. The first-order chi connectivity index (χ1) is 17.7. The van der Waals surface area contributed by atoms with Crippen LogP contribution in [-0.2, 0) is 29.7 Å². The van der Waals surface area contributed by atoms with E-state index in [1.807, 2.05) is 13.1 Å². The zero-order chi connectivity index (χ0) is 26.2. The monoisotopic (exact) mass is 500 g/mol. The van der Waals surface area contributed by atoms with Crippen molar-refractivity contribution in [1.82, 2.24) is 24.4 Å². The normalized spacial score (nSPS) is 15.0. The molecule has 2 aromatic heterocycles. The molecular formula is C29H36N6O2. The second-order valence-corrected chi connectivity index (χ2v) is 10.9. The summed E-state index contributed by atoms with van der Waals surface area (Å²) in [6.07, 6.45) is 2.61. The van der Waals surface area contributed by atoms with E-state index in [-0.39, 0.29) is 12.0 Å². The van der Waals surface area contributed by atoms with Gasteiger partial charge in [-0.05, 0) is 23.1 Å². The van der Waals surface area contributed by atoms with E-state index in [2.05, 4.69) is 83.0 Å². The number of aromatic nitrogens is 4. The first kappa shape index (κ1) is 25.0. The number of aromatic amines is 1. The van der Waals surface area contributed by atoms with Gasteiger partial charge in [-0.25, -0.2) is 9.97 Å². The molecule has 0 spiro atoms. The third-order valence-electron chi connectivity index (χ3n) is 7.15. The van der Waals surface area contributed by atoms with Gasteiger partial charge in [0, 0.05) is 50.9 Å². The topological polar surface area (TPSA) is 90.3 Å². The first-order valence-electron chi connectivity index (χ1n) is 13.0. The van der Waals surface area contributed by atoms with Crippen molar-refractivity contribution in [2.24, 2.45) is 0 Å². The van der Waals surface area contributed by atoms with Crippen molar-refractivity contribution in [3.8, 4) is 11.4 Å².